The maximum absolute atomic E-state index is 14.5. The molecule has 0 radical (unpaired) electrons. The number of amides is 1. The molecule has 2 aliphatic heterocycles. The van der Waals surface area contributed by atoms with Gasteiger partial charge in [0.1, 0.15) is 17.4 Å². The standard InChI is InChI=1S/C28H23F5N2O2/c29-22-4-3-5-23(30)25(22)24-16-21(27(36)35-14-1-2-15-35)26(34-24)19-8-6-17(7-9-19)18-10-12-20(13-11-18)37-28(31,32)33/h3-13,21,26H,1-2,14-16H2/t21-,26-/m0/s1. The van der Waals surface area contributed by atoms with Gasteiger partial charge in [-0.25, -0.2) is 8.78 Å². The van der Waals surface area contributed by atoms with Crippen molar-refractivity contribution in [1.82, 2.24) is 4.90 Å². The minimum Gasteiger partial charge on any atom is -0.406 e. The fourth-order valence-corrected chi connectivity index (χ4v) is 4.99. The number of nitrogens with zero attached hydrogens (tertiary/aromatic N) is 2. The van der Waals surface area contributed by atoms with E-state index in [9.17, 15) is 26.7 Å². The molecule has 3 aromatic rings. The summed E-state index contributed by atoms with van der Waals surface area (Å²) in [5.74, 6) is -2.43. The number of alkyl halides is 3. The Morgan fingerprint density at radius 3 is 2.00 bits per heavy atom. The average molecular weight is 514 g/mol. The Morgan fingerprint density at radius 2 is 1.43 bits per heavy atom. The van der Waals surface area contributed by atoms with Crippen molar-refractivity contribution in [1.29, 1.82) is 0 Å². The normalized spacial score (nSPS) is 19.7. The van der Waals surface area contributed by atoms with Gasteiger partial charge in [-0.1, -0.05) is 42.5 Å². The highest BCUT2D eigenvalue weighted by Crippen LogP contribution is 2.40. The van der Waals surface area contributed by atoms with E-state index in [0.717, 1.165) is 18.4 Å². The predicted octanol–water partition coefficient (Wildman–Crippen LogP) is 6.70. The highest BCUT2D eigenvalue weighted by Gasteiger charge is 2.40. The number of benzene rings is 3. The van der Waals surface area contributed by atoms with Crippen LogP contribution in [0.15, 0.2) is 71.7 Å². The molecule has 0 aromatic heterocycles. The first kappa shape index (κ1) is 24.9. The molecule has 9 heteroatoms. The summed E-state index contributed by atoms with van der Waals surface area (Å²) in [6.07, 6.45) is -2.81. The average Bonchev–Trinajstić information content (AvgIpc) is 3.54. The third kappa shape index (κ3) is 5.35. The van der Waals surface area contributed by atoms with E-state index in [2.05, 4.69) is 9.73 Å². The van der Waals surface area contributed by atoms with Crippen LogP contribution in [-0.2, 0) is 4.79 Å². The second kappa shape index (κ2) is 9.95. The number of aliphatic imine (C=N–C) groups is 1. The molecule has 0 unspecified atom stereocenters. The quantitative estimate of drug-likeness (QED) is 0.356. The van der Waals surface area contributed by atoms with Crippen molar-refractivity contribution in [3.05, 3.63) is 89.5 Å². The number of halogens is 5. The Bertz CT molecular complexity index is 1290. The zero-order valence-electron chi connectivity index (χ0n) is 19.6. The lowest BCUT2D eigenvalue weighted by Gasteiger charge is -2.24. The van der Waals surface area contributed by atoms with Crippen LogP contribution in [0.1, 0.15) is 36.4 Å². The van der Waals surface area contributed by atoms with E-state index in [4.69, 9.17) is 0 Å². The van der Waals surface area contributed by atoms with Gasteiger partial charge < -0.3 is 9.64 Å². The molecule has 2 heterocycles. The third-order valence-corrected chi connectivity index (χ3v) is 6.75. The van der Waals surface area contributed by atoms with E-state index in [1.54, 1.807) is 29.2 Å². The van der Waals surface area contributed by atoms with Crippen LogP contribution in [0.2, 0.25) is 0 Å². The molecule has 37 heavy (non-hydrogen) atoms. The van der Waals surface area contributed by atoms with E-state index < -0.39 is 30.0 Å². The maximum atomic E-state index is 14.5. The summed E-state index contributed by atoms with van der Waals surface area (Å²) < 4.78 is 70.3. The number of carbonyl (C=O) groups excluding carboxylic acids is 1. The predicted molar refractivity (Wildman–Crippen MR) is 128 cm³/mol. The van der Waals surface area contributed by atoms with Crippen LogP contribution in [0, 0.1) is 17.6 Å². The number of hydrogen-bond donors (Lipinski definition) is 0. The molecule has 0 bridgehead atoms. The molecule has 4 nitrogen and oxygen atoms in total. The molecule has 0 aliphatic carbocycles. The molecular weight excluding hydrogens is 491 g/mol. The van der Waals surface area contributed by atoms with Crippen LogP contribution in [0.5, 0.6) is 5.75 Å². The van der Waals surface area contributed by atoms with Crippen LogP contribution in [0.3, 0.4) is 0 Å². The van der Waals surface area contributed by atoms with Gasteiger partial charge in [0.05, 0.1) is 17.5 Å². The Kier molecular flexibility index (Phi) is 6.70. The van der Waals surface area contributed by atoms with Crippen molar-refractivity contribution in [2.24, 2.45) is 10.9 Å². The molecule has 5 rings (SSSR count). The van der Waals surface area contributed by atoms with Crippen molar-refractivity contribution in [2.45, 2.75) is 31.7 Å². The Morgan fingerprint density at radius 1 is 0.865 bits per heavy atom. The zero-order chi connectivity index (χ0) is 26.2. The van der Waals surface area contributed by atoms with Gasteiger partial charge in [0.2, 0.25) is 5.91 Å². The summed E-state index contributed by atoms with van der Waals surface area (Å²) in [6.45, 7) is 1.30. The van der Waals surface area contributed by atoms with Crippen molar-refractivity contribution >= 4 is 11.6 Å². The summed E-state index contributed by atoms with van der Waals surface area (Å²) >= 11 is 0. The third-order valence-electron chi connectivity index (χ3n) is 6.75. The van der Waals surface area contributed by atoms with Crippen LogP contribution >= 0.6 is 0 Å². The van der Waals surface area contributed by atoms with Gasteiger partial charge in [-0.05, 0) is 53.8 Å². The lowest BCUT2D eigenvalue weighted by Crippen LogP contribution is -2.35. The van der Waals surface area contributed by atoms with Crippen LogP contribution in [0.25, 0.3) is 11.1 Å². The minimum atomic E-state index is -4.77. The van der Waals surface area contributed by atoms with E-state index in [-0.39, 0.29) is 29.4 Å². The fraction of sp³-hybridized carbons (Fsp3) is 0.286. The first-order chi connectivity index (χ1) is 17.7. The summed E-state index contributed by atoms with van der Waals surface area (Å²) in [7, 11) is 0. The Labute approximate surface area is 210 Å². The number of rotatable bonds is 5. The van der Waals surface area contributed by atoms with Gasteiger partial charge in [-0.15, -0.1) is 13.2 Å². The molecule has 1 amide bonds. The lowest BCUT2D eigenvalue weighted by atomic mass is 9.89. The molecular formula is C28H23F5N2O2. The van der Waals surface area contributed by atoms with Crippen molar-refractivity contribution in [3.63, 3.8) is 0 Å². The molecule has 1 saturated heterocycles. The Hall–Kier alpha value is -3.75. The molecule has 192 valence electrons. The summed E-state index contributed by atoms with van der Waals surface area (Å²) in [6, 6.07) is 15.7. The second-order valence-electron chi connectivity index (χ2n) is 9.15. The molecule has 3 aromatic carbocycles. The van der Waals surface area contributed by atoms with E-state index >= 15 is 0 Å². The number of hydrogen-bond acceptors (Lipinski definition) is 3. The first-order valence-corrected chi connectivity index (χ1v) is 12.0. The van der Waals surface area contributed by atoms with Gasteiger partial charge in [-0.3, -0.25) is 9.79 Å². The number of carbonyl (C=O) groups is 1. The van der Waals surface area contributed by atoms with Crippen molar-refractivity contribution in [3.8, 4) is 16.9 Å². The monoisotopic (exact) mass is 514 g/mol. The number of likely N-dealkylation sites (tertiary alicyclic amines) is 1. The minimum absolute atomic E-state index is 0.0812. The fourth-order valence-electron chi connectivity index (χ4n) is 4.99. The van der Waals surface area contributed by atoms with Crippen LogP contribution in [-0.4, -0.2) is 36.0 Å². The molecule has 0 saturated carbocycles. The largest absolute Gasteiger partial charge is 0.573 e. The van der Waals surface area contributed by atoms with Crippen LogP contribution < -0.4 is 4.74 Å². The Balaban J connectivity index is 1.43. The molecule has 2 aliphatic rings. The van der Waals surface area contributed by atoms with Gasteiger partial charge in [0.15, 0.2) is 0 Å². The SMILES string of the molecule is O=C([C@H]1CC(c2c(F)cccc2F)=N[C@H]1c1ccc(-c2ccc(OC(F)(F)F)cc2)cc1)N1CCCC1. The van der Waals surface area contributed by atoms with Crippen molar-refractivity contribution in [2.75, 3.05) is 13.1 Å². The topological polar surface area (TPSA) is 41.9 Å². The second-order valence-corrected chi connectivity index (χ2v) is 9.15. The van der Waals surface area contributed by atoms with Gasteiger partial charge >= 0.3 is 6.36 Å². The highest BCUT2D eigenvalue weighted by atomic mass is 19.4. The van der Waals surface area contributed by atoms with E-state index in [1.165, 1.54) is 42.5 Å². The van der Waals surface area contributed by atoms with E-state index in [1.807, 2.05) is 0 Å². The zero-order valence-corrected chi connectivity index (χ0v) is 19.6. The number of ether oxygens (including phenoxy) is 1. The van der Waals surface area contributed by atoms with Gasteiger partial charge in [-0.2, -0.15) is 0 Å². The first-order valence-electron chi connectivity index (χ1n) is 12.0. The summed E-state index contributed by atoms with van der Waals surface area (Å²) in [4.78, 5) is 19.8. The summed E-state index contributed by atoms with van der Waals surface area (Å²) in [5.41, 5.74) is 2.15. The van der Waals surface area contributed by atoms with Crippen LogP contribution in [0.4, 0.5) is 22.0 Å². The van der Waals surface area contributed by atoms with Gasteiger partial charge in [0, 0.05) is 25.2 Å². The molecule has 2 atom stereocenters. The highest BCUT2D eigenvalue weighted by molar-refractivity contribution is 6.05. The molecule has 0 N–H and O–H groups in total. The van der Waals surface area contributed by atoms with Crippen molar-refractivity contribution < 1.29 is 31.5 Å². The molecule has 0 spiro atoms. The smallest absolute Gasteiger partial charge is 0.406 e. The lowest BCUT2D eigenvalue weighted by molar-refractivity contribution is -0.274. The maximum Gasteiger partial charge on any atom is 0.573 e. The van der Waals surface area contributed by atoms with E-state index in [0.29, 0.717) is 24.2 Å². The summed E-state index contributed by atoms with van der Waals surface area (Å²) in [5, 5.41) is 0. The molecule has 1 fully saturated rings. The van der Waals surface area contributed by atoms with Gasteiger partial charge in [0.25, 0.3) is 0 Å².